The van der Waals surface area contributed by atoms with Crippen molar-refractivity contribution in [2.75, 3.05) is 19.6 Å². The van der Waals surface area contributed by atoms with Gasteiger partial charge in [-0.2, -0.15) is 4.98 Å². The van der Waals surface area contributed by atoms with Crippen molar-refractivity contribution in [1.82, 2.24) is 20.4 Å². The first-order valence-corrected chi connectivity index (χ1v) is 7.47. The van der Waals surface area contributed by atoms with Crippen LogP contribution < -0.4 is 5.32 Å². The van der Waals surface area contributed by atoms with Gasteiger partial charge in [0.1, 0.15) is 0 Å². The molecule has 2 atom stereocenters. The van der Waals surface area contributed by atoms with Crippen LogP contribution in [-0.2, 0) is 12.0 Å². The molecular weight excluding hydrogens is 264 g/mol. The Labute approximate surface area is 125 Å². The zero-order valence-electron chi connectivity index (χ0n) is 12.6. The molecule has 0 amide bonds. The summed E-state index contributed by atoms with van der Waals surface area (Å²) in [4.78, 5) is 6.59. The van der Waals surface area contributed by atoms with Crippen molar-refractivity contribution in [3.05, 3.63) is 48.1 Å². The Kier molecular flexibility index (Phi) is 4.03. The van der Waals surface area contributed by atoms with Crippen LogP contribution >= 0.6 is 0 Å². The highest BCUT2D eigenvalue weighted by atomic mass is 16.5. The predicted octanol–water partition coefficient (Wildman–Crippen LogP) is 1.82. The van der Waals surface area contributed by atoms with Crippen LogP contribution in [0.5, 0.6) is 0 Å². The molecule has 3 rings (SSSR count). The Morgan fingerprint density at radius 3 is 2.90 bits per heavy atom. The van der Waals surface area contributed by atoms with E-state index in [9.17, 15) is 0 Å². The Morgan fingerprint density at radius 1 is 1.38 bits per heavy atom. The zero-order valence-corrected chi connectivity index (χ0v) is 12.6. The molecule has 21 heavy (non-hydrogen) atoms. The lowest BCUT2D eigenvalue weighted by atomic mass is 9.88. The highest BCUT2D eigenvalue weighted by molar-refractivity contribution is 5.25. The van der Waals surface area contributed by atoms with Crippen LogP contribution in [0.2, 0.25) is 0 Å². The molecule has 0 aliphatic carbocycles. The van der Waals surface area contributed by atoms with Gasteiger partial charge in [-0.1, -0.05) is 35.5 Å². The third-order valence-corrected chi connectivity index (χ3v) is 4.36. The second-order valence-electron chi connectivity index (χ2n) is 5.98. The van der Waals surface area contributed by atoms with Crippen LogP contribution in [0.1, 0.15) is 25.3 Å². The van der Waals surface area contributed by atoms with Crippen molar-refractivity contribution in [2.45, 2.75) is 31.8 Å². The average Bonchev–Trinajstić information content (AvgIpc) is 3.03. The second kappa shape index (κ2) is 5.95. The van der Waals surface area contributed by atoms with E-state index in [0.717, 1.165) is 26.1 Å². The third-order valence-electron chi connectivity index (χ3n) is 4.36. The normalized spacial score (nSPS) is 26.9. The summed E-state index contributed by atoms with van der Waals surface area (Å²) in [5.41, 5.74) is 1.32. The van der Waals surface area contributed by atoms with Gasteiger partial charge in [-0.15, -0.1) is 0 Å². The summed E-state index contributed by atoms with van der Waals surface area (Å²) in [5.74, 6) is 0.710. The monoisotopic (exact) mass is 286 g/mol. The van der Waals surface area contributed by atoms with Gasteiger partial charge in [-0.3, -0.25) is 4.90 Å². The van der Waals surface area contributed by atoms with Gasteiger partial charge in [0.15, 0.2) is 6.33 Å². The number of piperazine rings is 1. The minimum absolute atomic E-state index is 0.0113. The van der Waals surface area contributed by atoms with Crippen LogP contribution in [0.25, 0.3) is 0 Å². The number of hydrogen-bond donors (Lipinski definition) is 1. The maximum absolute atomic E-state index is 5.09. The summed E-state index contributed by atoms with van der Waals surface area (Å²) in [7, 11) is 0. The predicted molar refractivity (Wildman–Crippen MR) is 80.8 cm³/mol. The first-order chi connectivity index (χ1) is 10.2. The van der Waals surface area contributed by atoms with Gasteiger partial charge in [0.2, 0.25) is 5.89 Å². The topological polar surface area (TPSA) is 54.2 Å². The van der Waals surface area contributed by atoms with E-state index in [4.69, 9.17) is 4.52 Å². The smallest absolute Gasteiger partial charge is 0.227 e. The molecule has 5 nitrogen and oxygen atoms in total. The number of hydrogen-bond acceptors (Lipinski definition) is 5. The minimum Gasteiger partial charge on any atom is -0.340 e. The molecule has 1 N–H and O–H groups in total. The maximum Gasteiger partial charge on any atom is 0.227 e. The molecule has 1 fully saturated rings. The summed E-state index contributed by atoms with van der Waals surface area (Å²) < 4.78 is 5.09. The Hall–Kier alpha value is -1.72. The van der Waals surface area contributed by atoms with Crippen molar-refractivity contribution in [2.24, 2.45) is 0 Å². The molecule has 1 aromatic heterocycles. The van der Waals surface area contributed by atoms with Gasteiger partial charge in [-0.25, -0.2) is 0 Å². The fraction of sp³-hybridized carbons (Fsp3) is 0.500. The van der Waals surface area contributed by atoms with E-state index >= 15 is 0 Å². The lowest BCUT2D eigenvalue weighted by molar-refractivity contribution is 0.0935. The van der Waals surface area contributed by atoms with E-state index in [1.807, 2.05) is 0 Å². The van der Waals surface area contributed by atoms with Crippen LogP contribution in [-0.4, -0.2) is 40.7 Å². The Bertz CT molecular complexity index is 557. The number of nitrogens with zero attached hydrogens (tertiary/aromatic N) is 3. The van der Waals surface area contributed by atoms with Gasteiger partial charge in [0, 0.05) is 32.1 Å². The molecule has 0 saturated carbocycles. The van der Waals surface area contributed by atoms with Crippen molar-refractivity contribution >= 4 is 0 Å². The average molecular weight is 286 g/mol. The number of rotatable bonds is 4. The van der Waals surface area contributed by atoms with Crippen LogP contribution in [0.3, 0.4) is 0 Å². The van der Waals surface area contributed by atoms with Crippen LogP contribution in [0.15, 0.2) is 41.2 Å². The molecule has 1 aliphatic rings. The summed E-state index contributed by atoms with van der Waals surface area (Å²) >= 11 is 0. The summed E-state index contributed by atoms with van der Waals surface area (Å²) in [6.07, 6.45) is 2.26. The largest absolute Gasteiger partial charge is 0.340 e. The van der Waals surface area contributed by atoms with Gasteiger partial charge in [-0.05, 0) is 19.4 Å². The van der Waals surface area contributed by atoms with Gasteiger partial charge >= 0.3 is 0 Å². The molecule has 1 saturated heterocycles. The molecule has 112 valence electrons. The van der Waals surface area contributed by atoms with Crippen LogP contribution in [0, 0.1) is 0 Å². The third kappa shape index (κ3) is 3.14. The first-order valence-electron chi connectivity index (χ1n) is 7.47. The number of benzene rings is 1. The Morgan fingerprint density at radius 2 is 2.19 bits per heavy atom. The summed E-state index contributed by atoms with van der Waals surface area (Å²) in [6, 6.07) is 11.2. The van der Waals surface area contributed by atoms with Crippen molar-refractivity contribution < 1.29 is 4.52 Å². The van der Waals surface area contributed by atoms with E-state index in [-0.39, 0.29) is 5.54 Å². The molecule has 5 heteroatoms. The van der Waals surface area contributed by atoms with Gasteiger partial charge in [0.05, 0.1) is 5.54 Å². The fourth-order valence-electron chi connectivity index (χ4n) is 2.96. The molecule has 0 spiro atoms. The summed E-state index contributed by atoms with van der Waals surface area (Å²) in [5, 5.41) is 7.36. The van der Waals surface area contributed by atoms with E-state index in [1.165, 1.54) is 11.9 Å². The molecule has 0 bridgehead atoms. The lowest BCUT2D eigenvalue weighted by Crippen LogP contribution is -2.60. The van der Waals surface area contributed by atoms with Crippen LogP contribution in [0.4, 0.5) is 0 Å². The zero-order chi connectivity index (χ0) is 14.7. The lowest BCUT2D eigenvalue weighted by Gasteiger charge is -2.45. The van der Waals surface area contributed by atoms with Crippen molar-refractivity contribution in [1.29, 1.82) is 0 Å². The second-order valence-corrected chi connectivity index (χ2v) is 5.98. The molecule has 2 heterocycles. The quantitative estimate of drug-likeness (QED) is 0.929. The standard InChI is InChI=1S/C16H22N4O/c1-13-10-18-16(2,14-6-4-3-5-7-14)11-20(13)9-8-15-17-12-19-21-15/h3-7,12-13,18H,8-11H2,1-2H3. The van der Waals surface area contributed by atoms with Crippen molar-refractivity contribution in [3.8, 4) is 0 Å². The maximum atomic E-state index is 5.09. The van der Waals surface area contributed by atoms with E-state index in [0.29, 0.717) is 11.9 Å². The molecule has 0 radical (unpaired) electrons. The molecular formula is C16H22N4O. The molecule has 2 unspecified atom stereocenters. The first kappa shape index (κ1) is 14.2. The van der Waals surface area contributed by atoms with Gasteiger partial charge in [0.25, 0.3) is 0 Å². The molecule has 1 aliphatic heterocycles. The highest BCUT2D eigenvalue weighted by Crippen LogP contribution is 2.26. The summed E-state index contributed by atoms with van der Waals surface area (Å²) in [6.45, 7) is 7.42. The van der Waals surface area contributed by atoms with E-state index < -0.39 is 0 Å². The Balaban J connectivity index is 1.69. The number of nitrogens with one attached hydrogen (secondary N) is 1. The fourth-order valence-corrected chi connectivity index (χ4v) is 2.96. The van der Waals surface area contributed by atoms with E-state index in [2.05, 4.69) is 64.5 Å². The molecule has 1 aromatic carbocycles. The van der Waals surface area contributed by atoms with Crippen molar-refractivity contribution in [3.63, 3.8) is 0 Å². The SMILES string of the molecule is CC1CNC(C)(c2ccccc2)CN1CCc1ncno1. The molecule has 2 aromatic rings. The van der Waals surface area contributed by atoms with Gasteiger partial charge < -0.3 is 9.84 Å². The van der Waals surface area contributed by atoms with E-state index in [1.54, 1.807) is 0 Å². The highest BCUT2D eigenvalue weighted by Gasteiger charge is 2.35. The number of aromatic nitrogens is 2. The minimum atomic E-state index is -0.0113.